The van der Waals surface area contributed by atoms with Crippen LogP contribution in [0.15, 0.2) is 30.6 Å². The monoisotopic (exact) mass is 555 g/mol. The van der Waals surface area contributed by atoms with Gasteiger partial charge in [-0.2, -0.15) is 0 Å². The highest BCUT2D eigenvalue weighted by molar-refractivity contribution is 7.91. The molecule has 4 heterocycles. The summed E-state index contributed by atoms with van der Waals surface area (Å²) in [6.07, 6.45) is 3.79. The summed E-state index contributed by atoms with van der Waals surface area (Å²) in [5, 5.41) is 4.75. The molecule has 3 aromatic rings. The van der Waals surface area contributed by atoms with Gasteiger partial charge in [-0.05, 0) is 62.8 Å². The second-order valence-electron chi connectivity index (χ2n) is 10.5. The van der Waals surface area contributed by atoms with E-state index in [-0.39, 0.29) is 35.6 Å². The summed E-state index contributed by atoms with van der Waals surface area (Å²) in [5.41, 5.74) is 7.98. The number of nitrogens with zero attached hydrogens (tertiary/aromatic N) is 3. The van der Waals surface area contributed by atoms with E-state index in [4.69, 9.17) is 20.2 Å². The third-order valence-corrected chi connectivity index (χ3v) is 9.24. The van der Waals surface area contributed by atoms with E-state index in [1.165, 1.54) is 0 Å². The van der Waals surface area contributed by atoms with Gasteiger partial charge in [0.1, 0.15) is 27.6 Å². The van der Waals surface area contributed by atoms with Crippen LogP contribution in [-0.2, 0) is 20.1 Å². The number of esters is 1. The van der Waals surface area contributed by atoms with Crippen molar-refractivity contribution in [2.75, 3.05) is 16.8 Å². The van der Waals surface area contributed by atoms with Crippen molar-refractivity contribution in [2.24, 2.45) is 5.73 Å². The molecule has 11 heteroatoms. The van der Waals surface area contributed by atoms with Crippen LogP contribution in [0.1, 0.15) is 81.9 Å². The molecule has 3 N–H and O–H groups in total. The predicted molar refractivity (Wildman–Crippen MR) is 151 cm³/mol. The quantitative estimate of drug-likeness (QED) is 0.340. The van der Waals surface area contributed by atoms with Crippen molar-refractivity contribution in [3.05, 3.63) is 47.4 Å². The minimum atomic E-state index is -3.10. The van der Waals surface area contributed by atoms with Crippen molar-refractivity contribution in [2.45, 2.75) is 78.0 Å². The van der Waals surface area contributed by atoms with E-state index in [0.717, 1.165) is 10.9 Å². The van der Waals surface area contributed by atoms with Crippen molar-refractivity contribution in [3.8, 4) is 5.88 Å². The van der Waals surface area contributed by atoms with Crippen LogP contribution in [0, 0.1) is 0 Å². The van der Waals surface area contributed by atoms with Crippen LogP contribution in [0.3, 0.4) is 0 Å². The molecule has 0 fully saturated rings. The van der Waals surface area contributed by atoms with Gasteiger partial charge in [-0.1, -0.05) is 20.8 Å². The summed E-state index contributed by atoms with van der Waals surface area (Å²) >= 11 is 0. The fraction of sp³-hybridized carbons (Fsp3) is 0.500. The molecule has 0 amide bonds. The van der Waals surface area contributed by atoms with E-state index in [1.807, 2.05) is 40.7 Å². The van der Waals surface area contributed by atoms with Gasteiger partial charge in [0.25, 0.3) is 0 Å². The van der Waals surface area contributed by atoms with Crippen LogP contribution >= 0.6 is 0 Å². The van der Waals surface area contributed by atoms with Crippen molar-refractivity contribution in [1.29, 1.82) is 0 Å². The Morgan fingerprint density at radius 1 is 1.15 bits per heavy atom. The van der Waals surface area contributed by atoms with Crippen LogP contribution in [0.5, 0.6) is 5.88 Å². The average molecular weight is 556 g/mol. The van der Waals surface area contributed by atoms with Crippen LogP contribution in [0.4, 0.5) is 11.6 Å². The van der Waals surface area contributed by atoms with E-state index in [9.17, 15) is 13.2 Å². The van der Waals surface area contributed by atoms with Crippen LogP contribution in [0.2, 0.25) is 0 Å². The minimum absolute atomic E-state index is 0.0433. The third kappa shape index (κ3) is 6.14. The number of aromatic nitrogens is 3. The second-order valence-corrected chi connectivity index (χ2v) is 12.9. The van der Waals surface area contributed by atoms with Gasteiger partial charge in [0, 0.05) is 29.6 Å². The van der Waals surface area contributed by atoms with Gasteiger partial charge in [0.2, 0.25) is 5.88 Å². The molecule has 0 aromatic carbocycles. The molecule has 0 unspecified atom stereocenters. The first-order valence-electron chi connectivity index (χ1n) is 13.3. The van der Waals surface area contributed by atoms with Crippen LogP contribution in [-0.4, -0.2) is 53.1 Å². The van der Waals surface area contributed by atoms with E-state index in [2.05, 4.69) is 15.3 Å². The molecule has 3 aromatic heterocycles. The smallest absolute Gasteiger partial charge is 0.340 e. The number of pyridine rings is 3. The first-order chi connectivity index (χ1) is 18.3. The van der Waals surface area contributed by atoms with E-state index >= 15 is 0 Å². The van der Waals surface area contributed by atoms with Crippen molar-refractivity contribution in [1.82, 2.24) is 15.0 Å². The normalized spacial score (nSPS) is 19.6. The number of fused-ring (bicyclic) bond motifs is 2. The van der Waals surface area contributed by atoms with Gasteiger partial charge in [0.05, 0.1) is 28.5 Å². The topological polar surface area (TPSA) is 146 Å². The maximum atomic E-state index is 12.3. The number of cyclic esters (lactones) is 1. The van der Waals surface area contributed by atoms with Gasteiger partial charge in [0.15, 0.2) is 0 Å². The molecule has 210 valence electrons. The Morgan fingerprint density at radius 3 is 2.59 bits per heavy atom. The van der Waals surface area contributed by atoms with Crippen molar-refractivity contribution in [3.63, 3.8) is 0 Å². The lowest BCUT2D eigenvalue weighted by Crippen LogP contribution is -2.32. The number of sulfone groups is 1. The van der Waals surface area contributed by atoms with Gasteiger partial charge in [-0.25, -0.2) is 28.2 Å². The number of carbonyl (C=O) groups is 1. The van der Waals surface area contributed by atoms with Crippen molar-refractivity contribution >= 4 is 38.2 Å². The van der Waals surface area contributed by atoms with E-state index in [1.54, 1.807) is 31.5 Å². The van der Waals surface area contributed by atoms with E-state index < -0.39 is 15.4 Å². The Hall–Kier alpha value is -3.31. The van der Waals surface area contributed by atoms with Gasteiger partial charge >= 0.3 is 5.97 Å². The summed E-state index contributed by atoms with van der Waals surface area (Å²) < 4.78 is 35.4. The maximum Gasteiger partial charge on any atom is 0.340 e. The minimum Gasteiger partial charge on any atom is -0.474 e. The van der Waals surface area contributed by atoms with Crippen molar-refractivity contribution < 1.29 is 22.7 Å². The van der Waals surface area contributed by atoms with E-state index in [0.29, 0.717) is 47.0 Å². The Bertz CT molecular complexity index is 1490. The number of rotatable bonds is 10. The standard InChI is InChI=1S/C28H37N5O5S/c1-7-28(6,29)22-15-31-26(37-16(3)11-12-39(35,36)8-2)21-14-30-24(13-20(21)22)32-23-10-9-19-25(33-23)17(4)18(5)38-27(19)34/h9-10,13-18H,7-8,11-12,29H2,1-6H3,(H,30,32,33)/t16-,17-,18-,28+/m0/s1. The van der Waals surface area contributed by atoms with Gasteiger partial charge in [-0.3, -0.25) is 0 Å². The fourth-order valence-corrected chi connectivity index (χ4v) is 5.39. The van der Waals surface area contributed by atoms with Crippen LogP contribution < -0.4 is 15.8 Å². The molecule has 39 heavy (non-hydrogen) atoms. The summed E-state index contributed by atoms with van der Waals surface area (Å²) in [7, 11) is -3.10. The molecule has 4 atom stereocenters. The summed E-state index contributed by atoms with van der Waals surface area (Å²) in [6.45, 7) is 11.3. The molecule has 0 saturated heterocycles. The first-order valence-corrected chi connectivity index (χ1v) is 15.1. The summed E-state index contributed by atoms with van der Waals surface area (Å²) in [5.74, 6) is 1.20. The molecule has 1 aliphatic rings. The first kappa shape index (κ1) is 28.7. The average Bonchev–Trinajstić information content (AvgIpc) is 2.90. The maximum absolute atomic E-state index is 12.3. The number of ether oxygens (including phenoxy) is 2. The number of hydrogen-bond acceptors (Lipinski definition) is 10. The molecule has 0 spiro atoms. The molecule has 4 rings (SSSR count). The Labute approximate surface area is 229 Å². The Morgan fingerprint density at radius 2 is 1.90 bits per heavy atom. The number of nitrogens with two attached hydrogens (primary N) is 1. The summed E-state index contributed by atoms with van der Waals surface area (Å²) in [6, 6.07) is 5.32. The molecule has 0 saturated carbocycles. The lowest BCUT2D eigenvalue weighted by Gasteiger charge is -2.27. The third-order valence-electron chi connectivity index (χ3n) is 7.50. The number of nitrogens with one attached hydrogen (secondary N) is 1. The number of hydrogen-bond donors (Lipinski definition) is 2. The highest BCUT2D eigenvalue weighted by Gasteiger charge is 2.31. The second kappa shape index (κ2) is 11.1. The zero-order chi connectivity index (χ0) is 28.5. The Balaban J connectivity index is 1.68. The molecule has 1 aliphatic heterocycles. The predicted octanol–water partition coefficient (Wildman–Crippen LogP) is 4.61. The number of carbonyl (C=O) groups excluding carboxylic acids is 1. The molecular weight excluding hydrogens is 518 g/mol. The largest absolute Gasteiger partial charge is 0.474 e. The molecule has 0 bridgehead atoms. The van der Waals surface area contributed by atoms with Gasteiger partial charge in [-0.15, -0.1) is 0 Å². The zero-order valence-corrected chi connectivity index (χ0v) is 24.1. The van der Waals surface area contributed by atoms with Crippen LogP contribution in [0.25, 0.3) is 10.8 Å². The Kier molecular flexibility index (Phi) is 8.13. The molecular formula is C28H37N5O5S. The summed E-state index contributed by atoms with van der Waals surface area (Å²) in [4.78, 5) is 26.1. The molecule has 10 nitrogen and oxygen atoms in total. The number of anilines is 2. The molecule has 0 aliphatic carbocycles. The SMILES string of the molecule is CC[C@@](C)(N)c1cnc(O[C@@H](C)CCS(=O)(=O)CC)c2cnc(Nc3ccc4c(n3)[C@@H](C)[C@H](C)OC4=O)cc12. The zero-order valence-electron chi connectivity index (χ0n) is 23.3. The lowest BCUT2D eigenvalue weighted by atomic mass is 9.88. The highest BCUT2D eigenvalue weighted by Crippen LogP contribution is 2.35. The fourth-order valence-electron chi connectivity index (χ4n) is 4.41. The highest BCUT2D eigenvalue weighted by atomic mass is 32.2. The lowest BCUT2D eigenvalue weighted by molar-refractivity contribution is 0.0235. The molecule has 0 radical (unpaired) electrons. The van der Waals surface area contributed by atoms with Gasteiger partial charge < -0.3 is 20.5 Å².